The first kappa shape index (κ1) is 29.1. The average molecular weight is 582 g/mol. The van der Waals surface area contributed by atoms with Crippen LogP contribution in [0.15, 0.2) is 72.8 Å². The van der Waals surface area contributed by atoms with Gasteiger partial charge in [-0.3, -0.25) is 4.79 Å². The minimum absolute atomic E-state index is 0.278. The molecule has 1 unspecified atom stereocenters. The third-order valence-electron chi connectivity index (χ3n) is 6.61. The smallest absolute Gasteiger partial charge is 0.334 e. The van der Waals surface area contributed by atoms with Gasteiger partial charge in [-0.2, -0.15) is 0 Å². The number of aliphatic carboxylic acids is 1. The van der Waals surface area contributed by atoms with Gasteiger partial charge in [0.1, 0.15) is 0 Å². The summed E-state index contributed by atoms with van der Waals surface area (Å²) in [6.07, 6.45) is 5.07. The molecule has 1 aliphatic rings. The summed E-state index contributed by atoms with van der Waals surface area (Å²) in [5, 5.41) is 27.0. The van der Waals surface area contributed by atoms with Gasteiger partial charge >= 0.3 is 12.0 Å². The van der Waals surface area contributed by atoms with E-state index in [0.29, 0.717) is 15.7 Å². The van der Waals surface area contributed by atoms with Crippen molar-refractivity contribution in [2.45, 2.75) is 37.8 Å². The molecule has 8 nitrogen and oxygen atoms in total. The Hall–Kier alpha value is -3.85. The van der Waals surface area contributed by atoms with Gasteiger partial charge in [-0.1, -0.05) is 65.7 Å². The Bertz CT molecular complexity index is 1410. The van der Waals surface area contributed by atoms with Crippen molar-refractivity contribution in [2.24, 2.45) is 0 Å². The second-order valence-electron chi connectivity index (χ2n) is 9.44. The number of allylic oxidation sites excluding steroid dienone is 2. The summed E-state index contributed by atoms with van der Waals surface area (Å²) in [6, 6.07) is 18.4. The summed E-state index contributed by atoms with van der Waals surface area (Å²) < 4.78 is 0. The molecule has 3 aromatic carbocycles. The van der Waals surface area contributed by atoms with E-state index < -0.39 is 36.6 Å². The summed E-state index contributed by atoms with van der Waals surface area (Å²) in [6.45, 7) is -0.419. The SMILES string of the molecule is O=C(Nc1ccc(Cl)c(Cl)c1)NC(c1ccc(C(=O)NC[C@@H](O)C(=O)O)cc1)c1ccc(C2=CCCCC2)cc1. The lowest BCUT2D eigenvalue weighted by atomic mass is 9.91. The van der Waals surface area contributed by atoms with Gasteiger partial charge in [-0.15, -0.1) is 0 Å². The van der Waals surface area contributed by atoms with E-state index in [2.05, 4.69) is 22.0 Å². The van der Waals surface area contributed by atoms with E-state index in [9.17, 15) is 19.5 Å². The third kappa shape index (κ3) is 7.63. The maximum absolute atomic E-state index is 13.0. The van der Waals surface area contributed by atoms with E-state index in [1.54, 1.807) is 42.5 Å². The number of carboxylic acids is 1. The number of hydrogen-bond donors (Lipinski definition) is 5. The summed E-state index contributed by atoms with van der Waals surface area (Å²) >= 11 is 12.1. The highest BCUT2D eigenvalue weighted by atomic mass is 35.5. The zero-order chi connectivity index (χ0) is 28.6. The first-order valence-electron chi connectivity index (χ1n) is 12.8. The van der Waals surface area contributed by atoms with Gasteiger partial charge < -0.3 is 26.2 Å². The third-order valence-corrected chi connectivity index (χ3v) is 7.34. The molecule has 208 valence electrons. The lowest BCUT2D eigenvalue weighted by molar-refractivity contribution is -0.146. The van der Waals surface area contributed by atoms with E-state index >= 15 is 0 Å². The second-order valence-corrected chi connectivity index (χ2v) is 10.3. The lowest BCUT2D eigenvalue weighted by Crippen LogP contribution is -2.36. The van der Waals surface area contributed by atoms with Crippen LogP contribution in [-0.4, -0.2) is 40.8 Å². The molecule has 1 aliphatic carbocycles. The quantitative estimate of drug-likeness (QED) is 0.210. The summed E-state index contributed by atoms with van der Waals surface area (Å²) in [5.74, 6) is -1.95. The van der Waals surface area contributed by atoms with Gasteiger partial charge in [0.2, 0.25) is 0 Å². The van der Waals surface area contributed by atoms with Crippen LogP contribution in [0.2, 0.25) is 10.0 Å². The molecule has 2 atom stereocenters. The average Bonchev–Trinajstić information content (AvgIpc) is 2.97. The zero-order valence-corrected chi connectivity index (χ0v) is 23.0. The van der Waals surface area contributed by atoms with E-state index in [0.717, 1.165) is 29.5 Å². The molecule has 3 aromatic rings. The molecule has 0 saturated carbocycles. The number of halogens is 2. The lowest BCUT2D eigenvalue weighted by Gasteiger charge is -2.21. The van der Waals surface area contributed by atoms with Crippen LogP contribution in [0.25, 0.3) is 5.57 Å². The number of hydrogen-bond acceptors (Lipinski definition) is 4. The van der Waals surface area contributed by atoms with Gasteiger partial charge in [0.25, 0.3) is 5.91 Å². The van der Waals surface area contributed by atoms with Crippen molar-refractivity contribution in [3.05, 3.63) is 105 Å². The minimum Gasteiger partial charge on any atom is -0.479 e. The number of aliphatic hydroxyl groups is 1. The van der Waals surface area contributed by atoms with Crippen LogP contribution >= 0.6 is 23.2 Å². The number of carboxylic acid groups (broad SMARTS) is 1. The number of aliphatic hydroxyl groups excluding tert-OH is 1. The molecule has 0 spiro atoms. The van der Waals surface area contributed by atoms with Gasteiger partial charge in [0.15, 0.2) is 6.10 Å². The highest BCUT2D eigenvalue weighted by Crippen LogP contribution is 2.30. The summed E-state index contributed by atoms with van der Waals surface area (Å²) in [7, 11) is 0. The molecular formula is C30H29Cl2N3O5. The summed E-state index contributed by atoms with van der Waals surface area (Å²) in [5.41, 5.74) is 4.78. The predicted octanol–water partition coefficient (Wildman–Crippen LogP) is 6.04. The van der Waals surface area contributed by atoms with Crippen LogP contribution in [-0.2, 0) is 4.79 Å². The van der Waals surface area contributed by atoms with Crippen molar-refractivity contribution in [2.75, 3.05) is 11.9 Å². The normalized spacial score (nSPS) is 14.4. The highest BCUT2D eigenvalue weighted by molar-refractivity contribution is 6.42. The molecule has 0 fully saturated rings. The number of amides is 3. The zero-order valence-electron chi connectivity index (χ0n) is 21.5. The Morgan fingerprint density at radius 3 is 2.15 bits per heavy atom. The number of urea groups is 1. The molecule has 3 amide bonds. The topological polar surface area (TPSA) is 128 Å². The van der Waals surface area contributed by atoms with Crippen LogP contribution in [0.1, 0.15) is 58.8 Å². The molecule has 0 bridgehead atoms. The second kappa shape index (κ2) is 13.5. The molecule has 40 heavy (non-hydrogen) atoms. The van der Waals surface area contributed by atoms with Crippen LogP contribution < -0.4 is 16.0 Å². The fraction of sp³-hybridized carbons (Fsp3) is 0.233. The Morgan fingerprint density at radius 2 is 1.55 bits per heavy atom. The Labute approximate surface area is 242 Å². The van der Waals surface area contributed by atoms with Crippen LogP contribution in [0, 0.1) is 0 Å². The number of nitrogens with one attached hydrogen (secondary N) is 3. The van der Waals surface area contributed by atoms with Crippen molar-refractivity contribution in [1.29, 1.82) is 0 Å². The maximum Gasteiger partial charge on any atom is 0.334 e. The summed E-state index contributed by atoms with van der Waals surface area (Å²) in [4.78, 5) is 36.2. The monoisotopic (exact) mass is 581 g/mol. The predicted molar refractivity (Wildman–Crippen MR) is 156 cm³/mol. The number of carbonyl (C=O) groups excluding carboxylic acids is 2. The molecule has 0 heterocycles. The van der Waals surface area contributed by atoms with Gasteiger partial charge in [0.05, 0.1) is 22.6 Å². The number of anilines is 1. The minimum atomic E-state index is -1.70. The van der Waals surface area contributed by atoms with E-state index in [4.69, 9.17) is 28.3 Å². The number of benzene rings is 3. The van der Waals surface area contributed by atoms with Gasteiger partial charge in [-0.05, 0) is 78.3 Å². The van der Waals surface area contributed by atoms with Crippen LogP contribution in [0.3, 0.4) is 0 Å². The van der Waals surface area contributed by atoms with Crippen molar-refractivity contribution in [3.8, 4) is 0 Å². The van der Waals surface area contributed by atoms with Crippen molar-refractivity contribution in [3.63, 3.8) is 0 Å². The van der Waals surface area contributed by atoms with Crippen LogP contribution in [0.4, 0.5) is 10.5 Å². The van der Waals surface area contributed by atoms with E-state index in [-0.39, 0.29) is 5.56 Å². The molecule has 0 aliphatic heterocycles. The molecule has 0 saturated heterocycles. The fourth-order valence-corrected chi connectivity index (χ4v) is 4.73. The van der Waals surface area contributed by atoms with Crippen molar-refractivity contribution in [1.82, 2.24) is 10.6 Å². The molecule has 5 N–H and O–H groups in total. The van der Waals surface area contributed by atoms with Crippen molar-refractivity contribution < 1.29 is 24.6 Å². The Balaban J connectivity index is 1.55. The molecular weight excluding hydrogens is 553 g/mol. The van der Waals surface area contributed by atoms with Gasteiger partial charge in [0, 0.05) is 11.3 Å². The molecule has 0 radical (unpaired) electrons. The van der Waals surface area contributed by atoms with E-state index in [1.165, 1.54) is 18.4 Å². The number of rotatable bonds is 9. The Morgan fingerprint density at radius 1 is 0.875 bits per heavy atom. The first-order valence-corrected chi connectivity index (χ1v) is 13.6. The maximum atomic E-state index is 13.0. The molecule has 4 rings (SSSR count). The highest BCUT2D eigenvalue weighted by Gasteiger charge is 2.20. The molecule has 0 aromatic heterocycles. The van der Waals surface area contributed by atoms with E-state index in [1.807, 2.05) is 24.3 Å². The number of carbonyl (C=O) groups is 3. The Kier molecular flexibility index (Phi) is 9.82. The van der Waals surface area contributed by atoms with Crippen LogP contribution in [0.5, 0.6) is 0 Å². The van der Waals surface area contributed by atoms with Gasteiger partial charge in [-0.25, -0.2) is 9.59 Å². The standard InChI is InChI=1S/C30H29Cl2N3O5/c31-24-15-14-23(16-25(24)32)34-30(40)35-27(20-8-6-19(7-9-20)18-4-2-1-3-5-18)21-10-12-22(13-11-21)28(37)33-17-26(36)29(38)39/h4,6-16,26-27,36H,1-3,5,17H2,(H,33,37)(H,38,39)(H2,34,35,40)/t26-,27?/m1/s1. The largest absolute Gasteiger partial charge is 0.479 e. The first-order chi connectivity index (χ1) is 19.2. The fourth-order valence-electron chi connectivity index (χ4n) is 4.43. The van der Waals surface area contributed by atoms with Crippen molar-refractivity contribution >= 4 is 52.4 Å². The molecule has 10 heteroatoms.